The number of aliphatic imine (C=N–C) groups is 1. The minimum Gasteiger partial charge on any atom is -0.355 e. The maximum absolute atomic E-state index is 11.4. The number of halogens is 1. The van der Waals surface area contributed by atoms with Gasteiger partial charge >= 0.3 is 0 Å². The Morgan fingerprint density at radius 2 is 1.68 bits per heavy atom. The third-order valence-electron chi connectivity index (χ3n) is 2.77. The van der Waals surface area contributed by atoms with E-state index in [1.807, 2.05) is 20.8 Å². The lowest BCUT2D eigenvalue weighted by molar-refractivity contribution is -0.123. The van der Waals surface area contributed by atoms with Gasteiger partial charge in [0.05, 0.1) is 5.75 Å². The molecule has 0 aliphatic heterocycles. The minimum atomic E-state index is -2.95. The van der Waals surface area contributed by atoms with E-state index in [4.69, 9.17) is 0 Å². The molecule has 0 fully saturated rings. The Morgan fingerprint density at radius 1 is 1.14 bits per heavy atom. The Hall–Kier alpha value is -0.580. The van der Waals surface area contributed by atoms with Crippen molar-refractivity contribution in [1.82, 2.24) is 16.0 Å². The van der Waals surface area contributed by atoms with E-state index >= 15 is 0 Å². The zero-order valence-corrected chi connectivity index (χ0v) is 17.1. The second kappa shape index (κ2) is 11.9. The predicted octanol–water partition coefficient (Wildman–Crippen LogP) is 0.365. The molecule has 0 aliphatic rings. The number of hydrogen-bond donors (Lipinski definition) is 3. The van der Waals surface area contributed by atoms with Crippen LogP contribution in [0, 0.1) is 5.92 Å². The first kappa shape index (κ1) is 23.7. The summed E-state index contributed by atoms with van der Waals surface area (Å²) in [6, 6.07) is -0.00354. The van der Waals surface area contributed by atoms with Crippen molar-refractivity contribution in [2.24, 2.45) is 10.9 Å². The van der Waals surface area contributed by atoms with Crippen LogP contribution in [0.25, 0.3) is 0 Å². The lowest BCUT2D eigenvalue weighted by Crippen LogP contribution is -2.45. The third kappa shape index (κ3) is 13.1. The highest BCUT2D eigenvalue weighted by atomic mass is 127. The summed E-state index contributed by atoms with van der Waals surface area (Å²) in [6.45, 7) is 6.64. The first-order valence-corrected chi connectivity index (χ1v) is 9.14. The van der Waals surface area contributed by atoms with Crippen LogP contribution in [-0.4, -0.2) is 58.5 Å². The van der Waals surface area contributed by atoms with E-state index in [0.717, 1.165) is 0 Å². The molecule has 9 heteroatoms. The number of nitrogens with zero attached hydrogens (tertiary/aromatic N) is 1. The molecule has 0 aromatic heterocycles. The van der Waals surface area contributed by atoms with Gasteiger partial charge in [0.2, 0.25) is 5.91 Å². The number of carbonyl (C=O) groups excluding carboxylic acids is 1. The van der Waals surface area contributed by atoms with Crippen LogP contribution in [0.2, 0.25) is 0 Å². The molecule has 3 N–H and O–H groups in total. The summed E-state index contributed by atoms with van der Waals surface area (Å²) >= 11 is 0. The highest BCUT2D eigenvalue weighted by Crippen LogP contribution is 1.95. The van der Waals surface area contributed by atoms with E-state index in [-0.39, 0.29) is 47.6 Å². The fourth-order valence-corrected chi connectivity index (χ4v) is 2.24. The Bertz CT molecular complexity index is 452. The number of amides is 1. The molecule has 0 bridgehead atoms. The highest BCUT2D eigenvalue weighted by molar-refractivity contribution is 14.0. The van der Waals surface area contributed by atoms with Gasteiger partial charge in [0.25, 0.3) is 0 Å². The van der Waals surface area contributed by atoms with Crippen molar-refractivity contribution < 1.29 is 13.2 Å². The maximum atomic E-state index is 11.4. The molecule has 1 amide bonds. The van der Waals surface area contributed by atoms with Crippen molar-refractivity contribution >= 4 is 45.7 Å². The monoisotopic (exact) mass is 448 g/mol. The maximum Gasteiger partial charge on any atom is 0.222 e. The molecule has 7 nitrogen and oxygen atoms in total. The number of carbonyl (C=O) groups is 1. The largest absolute Gasteiger partial charge is 0.355 e. The van der Waals surface area contributed by atoms with Crippen molar-refractivity contribution in [2.75, 3.05) is 32.1 Å². The van der Waals surface area contributed by atoms with Gasteiger partial charge in [0, 0.05) is 38.4 Å². The van der Waals surface area contributed by atoms with Crippen LogP contribution in [-0.2, 0) is 14.6 Å². The van der Waals surface area contributed by atoms with E-state index in [0.29, 0.717) is 25.5 Å². The van der Waals surface area contributed by atoms with Gasteiger partial charge in [-0.05, 0) is 13.3 Å². The van der Waals surface area contributed by atoms with Gasteiger partial charge in [-0.1, -0.05) is 13.8 Å². The SMILES string of the molecule is CN=C(NCCNC(=O)C(C)C)NC(C)CCS(C)(=O)=O.I. The number of nitrogens with one attached hydrogen (secondary N) is 3. The normalized spacial score (nSPS) is 13.3. The zero-order chi connectivity index (χ0) is 16.5. The Labute approximate surface area is 151 Å². The van der Waals surface area contributed by atoms with Crippen LogP contribution in [0.4, 0.5) is 0 Å². The third-order valence-corrected chi connectivity index (χ3v) is 3.75. The van der Waals surface area contributed by atoms with Crippen LogP contribution in [0.5, 0.6) is 0 Å². The molecule has 0 saturated heterocycles. The fourth-order valence-electron chi connectivity index (χ4n) is 1.46. The van der Waals surface area contributed by atoms with Crippen LogP contribution in [0.1, 0.15) is 27.2 Å². The van der Waals surface area contributed by atoms with Crippen molar-refractivity contribution in [3.63, 3.8) is 0 Å². The van der Waals surface area contributed by atoms with Gasteiger partial charge in [0.15, 0.2) is 5.96 Å². The molecule has 0 heterocycles. The zero-order valence-electron chi connectivity index (χ0n) is 14.0. The summed E-state index contributed by atoms with van der Waals surface area (Å²) < 4.78 is 22.2. The van der Waals surface area contributed by atoms with Crippen LogP contribution in [0.3, 0.4) is 0 Å². The van der Waals surface area contributed by atoms with E-state index in [1.54, 1.807) is 7.05 Å². The average Bonchev–Trinajstić information content (AvgIpc) is 2.38. The van der Waals surface area contributed by atoms with Gasteiger partial charge in [-0.3, -0.25) is 9.79 Å². The summed E-state index contributed by atoms with van der Waals surface area (Å²) in [5.41, 5.74) is 0. The molecule has 132 valence electrons. The molecule has 0 spiro atoms. The lowest BCUT2D eigenvalue weighted by atomic mass is 10.2. The van der Waals surface area contributed by atoms with Gasteiger partial charge in [-0.15, -0.1) is 24.0 Å². The van der Waals surface area contributed by atoms with Gasteiger partial charge in [-0.25, -0.2) is 8.42 Å². The quantitative estimate of drug-likeness (QED) is 0.216. The molecule has 0 aromatic carbocycles. The second-order valence-corrected chi connectivity index (χ2v) is 7.67. The standard InChI is InChI=1S/C13H28N4O3S.HI/c1-10(2)12(18)15-7-8-16-13(14-4)17-11(3)6-9-21(5,19)20;/h10-11H,6-9H2,1-5H3,(H,15,18)(H2,14,16,17);1H. The van der Waals surface area contributed by atoms with Gasteiger partial charge in [-0.2, -0.15) is 0 Å². The molecule has 1 unspecified atom stereocenters. The first-order valence-electron chi connectivity index (χ1n) is 7.08. The average molecular weight is 448 g/mol. The smallest absolute Gasteiger partial charge is 0.222 e. The molecular weight excluding hydrogens is 419 g/mol. The molecule has 0 rings (SSSR count). The van der Waals surface area contributed by atoms with Crippen LogP contribution >= 0.6 is 24.0 Å². The van der Waals surface area contributed by atoms with E-state index < -0.39 is 9.84 Å². The molecule has 0 aromatic rings. The van der Waals surface area contributed by atoms with Crippen LogP contribution < -0.4 is 16.0 Å². The first-order chi connectivity index (χ1) is 9.65. The molecule has 0 aliphatic carbocycles. The fraction of sp³-hybridized carbons (Fsp3) is 0.846. The Kier molecular flexibility index (Phi) is 12.8. The van der Waals surface area contributed by atoms with Crippen molar-refractivity contribution in [2.45, 2.75) is 33.2 Å². The predicted molar refractivity (Wildman–Crippen MR) is 102 cm³/mol. The summed E-state index contributed by atoms with van der Waals surface area (Å²) in [4.78, 5) is 15.4. The summed E-state index contributed by atoms with van der Waals surface area (Å²) in [7, 11) is -1.30. The second-order valence-electron chi connectivity index (χ2n) is 5.41. The van der Waals surface area contributed by atoms with E-state index in [9.17, 15) is 13.2 Å². The molecule has 0 radical (unpaired) electrons. The van der Waals surface area contributed by atoms with Crippen molar-refractivity contribution in [3.8, 4) is 0 Å². The Balaban J connectivity index is 0. The molecular formula is C13H29IN4O3S. The van der Waals surface area contributed by atoms with E-state index in [2.05, 4.69) is 20.9 Å². The number of hydrogen-bond acceptors (Lipinski definition) is 4. The van der Waals surface area contributed by atoms with Gasteiger partial charge < -0.3 is 16.0 Å². The lowest BCUT2D eigenvalue weighted by Gasteiger charge is -2.18. The molecule has 0 saturated carbocycles. The summed E-state index contributed by atoms with van der Waals surface area (Å²) in [5.74, 6) is 0.720. The minimum absolute atomic E-state index is 0. The number of guanidine groups is 1. The van der Waals surface area contributed by atoms with Crippen molar-refractivity contribution in [1.29, 1.82) is 0 Å². The van der Waals surface area contributed by atoms with Crippen LogP contribution in [0.15, 0.2) is 4.99 Å². The number of rotatable bonds is 8. The topological polar surface area (TPSA) is 99.7 Å². The summed E-state index contributed by atoms with van der Waals surface area (Å²) in [5, 5.41) is 8.97. The molecule has 22 heavy (non-hydrogen) atoms. The van der Waals surface area contributed by atoms with Crippen molar-refractivity contribution in [3.05, 3.63) is 0 Å². The summed E-state index contributed by atoms with van der Waals surface area (Å²) in [6.07, 6.45) is 1.74. The number of sulfone groups is 1. The van der Waals surface area contributed by atoms with Gasteiger partial charge in [0.1, 0.15) is 9.84 Å². The highest BCUT2D eigenvalue weighted by Gasteiger charge is 2.09. The Morgan fingerprint density at radius 3 is 2.14 bits per heavy atom. The van der Waals surface area contributed by atoms with E-state index in [1.165, 1.54) is 6.26 Å². The molecule has 1 atom stereocenters.